The minimum atomic E-state index is -0.143. The predicted molar refractivity (Wildman–Crippen MR) is 111 cm³/mol. The number of aliphatic imine (C=N–C) groups is 1. The van der Waals surface area contributed by atoms with Gasteiger partial charge in [-0.2, -0.15) is 0 Å². The van der Waals surface area contributed by atoms with Crippen LogP contribution in [0, 0.1) is 11.7 Å². The Morgan fingerprint density at radius 2 is 2.04 bits per heavy atom. The Labute approximate surface area is 164 Å². The molecule has 2 rings (SSSR count). The monoisotopic (exact) mass is 377 g/mol. The van der Waals surface area contributed by atoms with Crippen LogP contribution in [0.5, 0.6) is 0 Å². The third-order valence-electron chi connectivity index (χ3n) is 5.26. The Morgan fingerprint density at radius 3 is 2.67 bits per heavy atom. The molecule has 0 aliphatic carbocycles. The van der Waals surface area contributed by atoms with E-state index in [0.717, 1.165) is 49.8 Å². The second-order valence-electron chi connectivity index (χ2n) is 7.65. The van der Waals surface area contributed by atoms with Crippen LogP contribution in [-0.2, 0) is 13.1 Å². The molecule has 0 bridgehead atoms. The van der Waals surface area contributed by atoms with Crippen LogP contribution in [-0.4, -0.2) is 74.5 Å². The van der Waals surface area contributed by atoms with Crippen LogP contribution < -0.4 is 5.32 Å². The minimum Gasteiger partial charge on any atom is -0.352 e. The largest absolute Gasteiger partial charge is 0.352 e. The molecule has 152 valence electrons. The average Bonchev–Trinajstić information content (AvgIpc) is 3.10. The molecular weight excluding hydrogens is 341 g/mol. The number of halogens is 1. The van der Waals surface area contributed by atoms with Crippen LogP contribution >= 0.6 is 0 Å². The first-order valence-electron chi connectivity index (χ1n) is 10.1. The van der Waals surface area contributed by atoms with Gasteiger partial charge in [0.15, 0.2) is 5.96 Å². The first-order chi connectivity index (χ1) is 13.0. The highest BCUT2D eigenvalue weighted by molar-refractivity contribution is 5.80. The molecule has 0 spiro atoms. The summed E-state index contributed by atoms with van der Waals surface area (Å²) in [4.78, 5) is 11.3. The van der Waals surface area contributed by atoms with Crippen LogP contribution in [0.3, 0.4) is 0 Å². The van der Waals surface area contributed by atoms with E-state index in [2.05, 4.69) is 34.0 Å². The van der Waals surface area contributed by atoms with Crippen LogP contribution in [0.2, 0.25) is 0 Å². The van der Waals surface area contributed by atoms with Crippen molar-refractivity contribution < 1.29 is 4.39 Å². The van der Waals surface area contributed by atoms with Crippen molar-refractivity contribution in [2.45, 2.75) is 33.4 Å². The zero-order chi connectivity index (χ0) is 19.8. The number of rotatable bonds is 8. The molecule has 1 aliphatic rings. The Hall–Kier alpha value is -1.66. The Bertz CT molecular complexity index is 613. The van der Waals surface area contributed by atoms with E-state index in [0.29, 0.717) is 19.0 Å². The lowest BCUT2D eigenvalue weighted by molar-refractivity contribution is 0.255. The van der Waals surface area contributed by atoms with Gasteiger partial charge >= 0.3 is 0 Å². The van der Waals surface area contributed by atoms with Crippen molar-refractivity contribution in [3.05, 3.63) is 35.1 Å². The fraction of sp³-hybridized carbons (Fsp3) is 0.667. The Morgan fingerprint density at radius 1 is 1.30 bits per heavy atom. The highest BCUT2D eigenvalue weighted by atomic mass is 19.1. The van der Waals surface area contributed by atoms with Gasteiger partial charge in [0.25, 0.3) is 0 Å². The number of nitrogens with one attached hydrogen (secondary N) is 1. The van der Waals surface area contributed by atoms with Gasteiger partial charge in [0.05, 0.1) is 0 Å². The van der Waals surface area contributed by atoms with Gasteiger partial charge in [-0.15, -0.1) is 0 Å². The first kappa shape index (κ1) is 21.6. The average molecular weight is 378 g/mol. The molecule has 1 unspecified atom stereocenters. The van der Waals surface area contributed by atoms with Crippen molar-refractivity contribution in [2.24, 2.45) is 10.9 Å². The SMILES string of the molecule is CCN(CC)CC1CCN(C(=NC)NCc2ccc(F)c(CN(C)C)c2)C1. The lowest BCUT2D eigenvalue weighted by Gasteiger charge is -2.24. The molecule has 6 heteroatoms. The number of nitrogens with zero attached hydrogens (tertiary/aromatic N) is 4. The van der Waals surface area contributed by atoms with E-state index in [4.69, 9.17) is 0 Å². The number of likely N-dealkylation sites (tertiary alicyclic amines) is 1. The van der Waals surface area contributed by atoms with Crippen molar-refractivity contribution in [1.29, 1.82) is 0 Å². The van der Waals surface area contributed by atoms with E-state index in [1.807, 2.05) is 38.2 Å². The van der Waals surface area contributed by atoms with Crippen LogP contribution in [0.4, 0.5) is 4.39 Å². The third kappa shape index (κ3) is 6.47. The molecule has 1 atom stereocenters. The first-order valence-corrected chi connectivity index (χ1v) is 10.1. The van der Waals surface area contributed by atoms with Gasteiger partial charge in [-0.05, 0) is 57.2 Å². The number of hydrogen-bond acceptors (Lipinski definition) is 3. The van der Waals surface area contributed by atoms with Gasteiger partial charge in [0, 0.05) is 45.3 Å². The maximum atomic E-state index is 14.0. The van der Waals surface area contributed by atoms with E-state index in [-0.39, 0.29) is 5.82 Å². The molecule has 1 heterocycles. The zero-order valence-corrected chi connectivity index (χ0v) is 17.6. The van der Waals surface area contributed by atoms with Gasteiger partial charge < -0.3 is 20.0 Å². The normalized spacial score (nSPS) is 18.0. The van der Waals surface area contributed by atoms with Gasteiger partial charge in [0.2, 0.25) is 0 Å². The quantitative estimate of drug-likeness (QED) is 0.558. The summed E-state index contributed by atoms with van der Waals surface area (Å²) in [6.07, 6.45) is 1.21. The van der Waals surface area contributed by atoms with Gasteiger partial charge in [0.1, 0.15) is 5.82 Å². The van der Waals surface area contributed by atoms with E-state index >= 15 is 0 Å². The van der Waals surface area contributed by atoms with Crippen LogP contribution in [0.25, 0.3) is 0 Å². The number of benzene rings is 1. The van der Waals surface area contributed by atoms with E-state index in [1.54, 1.807) is 6.07 Å². The molecular formula is C21H36FN5. The second kappa shape index (κ2) is 10.6. The highest BCUT2D eigenvalue weighted by Crippen LogP contribution is 2.18. The highest BCUT2D eigenvalue weighted by Gasteiger charge is 2.25. The maximum Gasteiger partial charge on any atom is 0.193 e. The molecule has 1 aromatic carbocycles. The summed E-state index contributed by atoms with van der Waals surface area (Å²) in [6, 6.07) is 5.36. The molecule has 0 amide bonds. The molecule has 1 N–H and O–H groups in total. The zero-order valence-electron chi connectivity index (χ0n) is 17.6. The fourth-order valence-electron chi connectivity index (χ4n) is 3.73. The fourth-order valence-corrected chi connectivity index (χ4v) is 3.73. The smallest absolute Gasteiger partial charge is 0.193 e. The van der Waals surface area contributed by atoms with Gasteiger partial charge in [-0.1, -0.05) is 19.9 Å². The summed E-state index contributed by atoms with van der Waals surface area (Å²) in [5.74, 6) is 1.49. The molecule has 0 radical (unpaired) electrons. The molecule has 5 nitrogen and oxygen atoms in total. The standard InChI is InChI=1S/C21H36FN5/c1-6-26(7-2)14-18-10-11-27(15-18)21(23-3)24-13-17-8-9-20(22)19(12-17)16-25(4)5/h8-9,12,18H,6-7,10-11,13-16H2,1-5H3,(H,23,24). The summed E-state index contributed by atoms with van der Waals surface area (Å²) >= 11 is 0. The molecule has 1 aromatic rings. The van der Waals surface area contributed by atoms with Gasteiger partial charge in [-0.3, -0.25) is 4.99 Å². The molecule has 1 aliphatic heterocycles. The topological polar surface area (TPSA) is 34.1 Å². The minimum absolute atomic E-state index is 0.143. The molecule has 27 heavy (non-hydrogen) atoms. The summed E-state index contributed by atoms with van der Waals surface area (Å²) in [7, 11) is 5.74. The molecule has 0 saturated carbocycles. The second-order valence-corrected chi connectivity index (χ2v) is 7.65. The Balaban J connectivity index is 1.91. The van der Waals surface area contributed by atoms with Gasteiger partial charge in [-0.25, -0.2) is 4.39 Å². The van der Waals surface area contributed by atoms with E-state index in [9.17, 15) is 4.39 Å². The lowest BCUT2D eigenvalue weighted by Crippen LogP contribution is -2.40. The summed E-state index contributed by atoms with van der Waals surface area (Å²) in [5.41, 5.74) is 1.81. The van der Waals surface area contributed by atoms with E-state index in [1.165, 1.54) is 6.42 Å². The lowest BCUT2D eigenvalue weighted by atomic mass is 10.1. The number of guanidine groups is 1. The van der Waals surface area contributed by atoms with Crippen molar-refractivity contribution in [2.75, 3.05) is 53.9 Å². The van der Waals surface area contributed by atoms with Crippen LogP contribution in [0.15, 0.2) is 23.2 Å². The summed E-state index contributed by atoms with van der Waals surface area (Å²) < 4.78 is 14.0. The summed E-state index contributed by atoms with van der Waals surface area (Å²) in [5, 5.41) is 3.46. The van der Waals surface area contributed by atoms with Crippen molar-refractivity contribution >= 4 is 5.96 Å². The number of hydrogen-bond donors (Lipinski definition) is 1. The molecule has 1 fully saturated rings. The van der Waals surface area contributed by atoms with Crippen molar-refractivity contribution in [3.63, 3.8) is 0 Å². The van der Waals surface area contributed by atoms with Crippen molar-refractivity contribution in [1.82, 2.24) is 20.0 Å². The third-order valence-corrected chi connectivity index (χ3v) is 5.26. The van der Waals surface area contributed by atoms with Crippen molar-refractivity contribution in [3.8, 4) is 0 Å². The van der Waals surface area contributed by atoms with Crippen LogP contribution in [0.1, 0.15) is 31.4 Å². The Kier molecular flexibility index (Phi) is 8.51. The molecule has 1 saturated heterocycles. The predicted octanol–water partition coefficient (Wildman–Crippen LogP) is 2.63. The maximum absolute atomic E-state index is 14.0. The van der Waals surface area contributed by atoms with E-state index < -0.39 is 0 Å². The summed E-state index contributed by atoms with van der Waals surface area (Å²) in [6.45, 7) is 11.2. The molecule has 0 aromatic heterocycles.